The van der Waals surface area contributed by atoms with E-state index in [1.807, 2.05) is 24.3 Å². The molecule has 0 atom stereocenters. The van der Waals surface area contributed by atoms with Gasteiger partial charge in [0.25, 0.3) is 10.0 Å². The highest BCUT2D eigenvalue weighted by atomic mass is 35.5. The van der Waals surface area contributed by atoms with E-state index in [2.05, 4.69) is 4.98 Å². The van der Waals surface area contributed by atoms with Crippen LogP contribution in [0, 0.1) is 0 Å². The summed E-state index contributed by atoms with van der Waals surface area (Å²) >= 11 is 6.26. The monoisotopic (exact) mass is 442 g/mol. The van der Waals surface area contributed by atoms with Gasteiger partial charge in [-0.15, -0.1) is 0 Å². The average molecular weight is 443 g/mol. The van der Waals surface area contributed by atoms with E-state index in [0.29, 0.717) is 28.7 Å². The van der Waals surface area contributed by atoms with E-state index in [9.17, 15) is 8.42 Å². The van der Waals surface area contributed by atoms with Gasteiger partial charge in [-0.3, -0.25) is 0 Å². The van der Waals surface area contributed by atoms with Gasteiger partial charge in [0, 0.05) is 30.1 Å². The summed E-state index contributed by atoms with van der Waals surface area (Å²) in [4.78, 5) is 4.34. The second-order valence-electron chi connectivity index (χ2n) is 6.67. The number of methoxy groups -OCH3 is 2. The third kappa shape index (κ3) is 3.74. The second-order valence-corrected chi connectivity index (χ2v) is 8.84. The molecule has 8 heteroatoms. The molecule has 6 nitrogen and oxygen atoms in total. The Kier molecular flexibility index (Phi) is 5.40. The molecule has 0 spiro atoms. The summed E-state index contributed by atoms with van der Waals surface area (Å²) in [6, 6.07) is 17.5. The molecule has 0 aliphatic heterocycles. The summed E-state index contributed by atoms with van der Waals surface area (Å²) < 4.78 is 38.0. The molecule has 30 heavy (non-hydrogen) atoms. The average Bonchev–Trinajstić information content (AvgIpc) is 3.19. The molecule has 0 bridgehead atoms. The lowest BCUT2D eigenvalue weighted by atomic mass is 10.1. The van der Waals surface area contributed by atoms with Gasteiger partial charge in [0.15, 0.2) is 0 Å². The number of fused-ring (bicyclic) bond motifs is 1. The Morgan fingerprint density at radius 2 is 1.83 bits per heavy atom. The summed E-state index contributed by atoms with van der Waals surface area (Å²) in [7, 11) is -0.747. The van der Waals surface area contributed by atoms with Crippen molar-refractivity contribution >= 4 is 32.5 Å². The highest BCUT2D eigenvalue weighted by Gasteiger charge is 2.20. The quantitative estimate of drug-likeness (QED) is 0.410. The van der Waals surface area contributed by atoms with Crippen molar-refractivity contribution < 1.29 is 17.9 Å². The van der Waals surface area contributed by atoms with E-state index in [1.54, 1.807) is 36.5 Å². The molecule has 4 rings (SSSR count). The fourth-order valence-corrected chi connectivity index (χ4v) is 4.85. The van der Waals surface area contributed by atoms with Crippen LogP contribution in [0.3, 0.4) is 0 Å². The van der Waals surface area contributed by atoms with Crippen LogP contribution in [0.1, 0.15) is 11.1 Å². The Balaban J connectivity index is 1.74. The van der Waals surface area contributed by atoms with Crippen LogP contribution in [-0.4, -0.2) is 31.6 Å². The highest BCUT2D eigenvalue weighted by Crippen LogP contribution is 2.27. The number of halogens is 1. The van der Waals surface area contributed by atoms with Crippen LogP contribution in [0.25, 0.3) is 10.9 Å². The molecular weight excluding hydrogens is 424 g/mol. The minimum atomic E-state index is -3.78. The van der Waals surface area contributed by atoms with E-state index in [-0.39, 0.29) is 4.90 Å². The molecule has 0 N–H and O–H groups in total. The van der Waals surface area contributed by atoms with E-state index in [4.69, 9.17) is 21.1 Å². The summed E-state index contributed by atoms with van der Waals surface area (Å²) in [5.74, 6) is 0.923. The first-order valence-corrected chi connectivity index (χ1v) is 10.9. The first kappa shape index (κ1) is 20.3. The van der Waals surface area contributed by atoms with Crippen LogP contribution in [0.5, 0.6) is 11.6 Å². The molecule has 0 fully saturated rings. The largest absolute Gasteiger partial charge is 0.497 e. The lowest BCUT2D eigenvalue weighted by Gasteiger charge is -2.10. The standard InChI is InChI=1S/C22H19ClN2O4S/c1-28-18-4-3-5-19(14-18)30(26,27)25-11-10-16-7-6-15(13-20(16)25)12-17-8-9-21(29-2)24-22(17)23/h3-11,13-14H,12H2,1-2H3. The molecule has 2 aromatic heterocycles. The maximum absolute atomic E-state index is 13.2. The molecule has 0 saturated heterocycles. The molecule has 0 unspecified atom stereocenters. The van der Waals surface area contributed by atoms with E-state index < -0.39 is 10.0 Å². The molecular formula is C22H19ClN2O4S. The number of ether oxygens (including phenoxy) is 2. The normalized spacial score (nSPS) is 11.6. The van der Waals surface area contributed by atoms with Crippen LogP contribution in [0.15, 0.2) is 71.8 Å². The Morgan fingerprint density at radius 1 is 1.00 bits per heavy atom. The van der Waals surface area contributed by atoms with Gasteiger partial charge in [0.2, 0.25) is 5.88 Å². The zero-order valence-electron chi connectivity index (χ0n) is 16.4. The number of hydrogen-bond acceptors (Lipinski definition) is 5. The number of hydrogen-bond donors (Lipinski definition) is 0. The fourth-order valence-electron chi connectivity index (χ4n) is 3.26. The van der Waals surface area contributed by atoms with Gasteiger partial charge in [0.05, 0.1) is 24.6 Å². The van der Waals surface area contributed by atoms with Gasteiger partial charge < -0.3 is 9.47 Å². The van der Waals surface area contributed by atoms with Crippen molar-refractivity contribution in [3.05, 3.63) is 83.1 Å². The summed E-state index contributed by atoms with van der Waals surface area (Å²) in [5, 5.41) is 1.18. The van der Waals surface area contributed by atoms with Gasteiger partial charge in [-0.1, -0.05) is 35.9 Å². The molecule has 4 aromatic rings. The van der Waals surface area contributed by atoms with Crippen molar-refractivity contribution in [2.45, 2.75) is 11.3 Å². The second kappa shape index (κ2) is 8.01. The van der Waals surface area contributed by atoms with Crippen LogP contribution < -0.4 is 9.47 Å². The first-order chi connectivity index (χ1) is 14.4. The topological polar surface area (TPSA) is 70.4 Å². The maximum atomic E-state index is 13.2. The van der Waals surface area contributed by atoms with Gasteiger partial charge in [-0.25, -0.2) is 17.4 Å². The third-order valence-corrected chi connectivity index (χ3v) is 6.84. The molecule has 2 heterocycles. The number of benzene rings is 2. The molecule has 154 valence electrons. The lowest BCUT2D eigenvalue weighted by Crippen LogP contribution is -2.12. The Morgan fingerprint density at radius 3 is 2.57 bits per heavy atom. The minimum Gasteiger partial charge on any atom is -0.497 e. The van der Waals surface area contributed by atoms with Crippen molar-refractivity contribution in [1.82, 2.24) is 8.96 Å². The molecule has 0 amide bonds. The molecule has 0 saturated carbocycles. The van der Waals surface area contributed by atoms with Crippen molar-refractivity contribution in [3.63, 3.8) is 0 Å². The van der Waals surface area contributed by atoms with Gasteiger partial charge in [-0.05, 0) is 35.4 Å². The van der Waals surface area contributed by atoms with Crippen molar-refractivity contribution in [1.29, 1.82) is 0 Å². The summed E-state index contributed by atoms with van der Waals surface area (Å²) in [5.41, 5.74) is 2.33. The Hall–Kier alpha value is -3.03. The summed E-state index contributed by atoms with van der Waals surface area (Å²) in [6.45, 7) is 0. The lowest BCUT2D eigenvalue weighted by molar-refractivity contribution is 0.397. The number of aromatic nitrogens is 2. The maximum Gasteiger partial charge on any atom is 0.268 e. The first-order valence-electron chi connectivity index (χ1n) is 9.11. The zero-order chi connectivity index (χ0) is 21.3. The predicted molar refractivity (Wildman–Crippen MR) is 116 cm³/mol. The summed E-state index contributed by atoms with van der Waals surface area (Å²) in [6.07, 6.45) is 2.07. The molecule has 0 aliphatic rings. The highest BCUT2D eigenvalue weighted by molar-refractivity contribution is 7.90. The van der Waals surface area contributed by atoms with Crippen LogP contribution >= 0.6 is 11.6 Å². The minimum absolute atomic E-state index is 0.159. The predicted octanol–water partition coefficient (Wildman–Crippen LogP) is 4.53. The number of pyridine rings is 1. The van der Waals surface area contributed by atoms with Crippen molar-refractivity contribution in [2.75, 3.05) is 14.2 Å². The third-order valence-electron chi connectivity index (χ3n) is 4.82. The van der Waals surface area contributed by atoms with Crippen molar-refractivity contribution in [3.8, 4) is 11.6 Å². The van der Waals surface area contributed by atoms with Crippen LogP contribution in [0.2, 0.25) is 5.15 Å². The van der Waals surface area contributed by atoms with Gasteiger partial charge >= 0.3 is 0 Å². The van der Waals surface area contributed by atoms with Crippen LogP contribution in [-0.2, 0) is 16.4 Å². The zero-order valence-corrected chi connectivity index (χ0v) is 17.9. The van der Waals surface area contributed by atoms with Crippen molar-refractivity contribution in [2.24, 2.45) is 0 Å². The molecule has 0 radical (unpaired) electrons. The van der Waals surface area contributed by atoms with Crippen LogP contribution in [0.4, 0.5) is 0 Å². The molecule has 0 aliphatic carbocycles. The van der Waals surface area contributed by atoms with E-state index in [1.165, 1.54) is 24.3 Å². The van der Waals surface area contributed by atoms with Gasteiger partial charge in [0.1, 0.15) is 10.9 Å². The fraction of sp³-hybridized carbons (Fsp3) is 0.136. The SMILES string of the molecule is COc1cccc(S(=O)(=O)n2ccc3ccc(Cc4ccc(OC)nc4Cl)cc32)c1. The van der Waals surface area contributed by atoms with E-state index >= 15 is 0 Å². The van der Waals surface area contributed by atoms with E-state index in [0.717, 1.165) is 16.5 Å². The molecule has 2 aromatic carbocycles. The van der Waals surface area contributed by atoms with Gasteiger partial charge in [-0.2, -0.15) is 0 Å². The Bertz CT molecular complexity index is 1330. The smallest absolute Gasteiger partial charge is 0.268 e. The number of nitrogens with zero attached hydrogens (tertiary/aromatic N) is 2. The Labute approximate surface area is 179 Å². The number of rotatable bonds is 6.